The van der Waals surface area contributed by atoms with Crippen LogP contribution >= 0.6 is 15.9 Å². The maximum absolute atomic E-state index is 14.7. The average molecular weight is 621 g/mol. The first-order chi connectivity index (χ1) is 19.1. The molecule has 1 unspecified atom stereocenters. The smallest absolute Gasteiger partial charge is 0.312 e. The Hall–Kier alpha value is -2.43. The molecule has 0 aromatic heterocycles. The summed E-state index contributed by atoms with van der Waals surface area (Å²) in [6.45, 7) is 15.4. The zero-order valence-electron chi connectivity index (χ0n) is 24.1. The predicted molar refractivity (Wildman–Crippen MR) is 157 cm³/mol. The lowest BCUT2D eigenvalue weighted by Gasteiger charge is -2.40. The van der Waals surface area contributed by atoms with Crippen molar-refractivity contribution in [2.45, 2.75) is 69.7 Å². The van der Waals surface area contributed by atoms with Gasteiger partial charge in [-0.05, 0) is 57.4 Å². The van der Waals surface area contributed by atoms with Gasteiger partial charge in [0, 0.05) is 35.8 Å². The summed E-state index contributed by atoms with van der Waals surface area (Å²) in [5, 5.41) is 10.4. The molecular weight excluding hydrogens is 578 g/mol. The van der Waals surface area contributed by atoms with E-state index in [1.54, 1.807) is 17.9 Å². The Kier molecular flexibility index (Phi) is 9.31. The lowest BCUT2D eigenvalue weighted by molar-refractivity contribution is -0.155. The molecule has 3 saturated heterocycles. The number of hydrogen-bond acceptors (Lipinski definition) is 7. The van der Waals surface area contributed by atoms with E-state index in [2.05, 4.69) is 41.3 Å². The summed E-state index contributed by atoms with van der Waals surface area (Å²) in [7, 11) is 0. The van der Waals surface area contributed by atoms with Crippen LogP contribution in [0.2, 0.25) is 0 Å². The van der Waals surface area contributed by atoms with Crippen molar-refractivity contribution in [3.05, 3.63) is 36.9 Å². The van der Waals surface area contributed by atoms with Crippen LogP contribution < -0.4 is 9.80 Å². The Balaban J connectivity index is 1.81. The number of carbonyl (C=O) groups is 3. The van der Waals surface area contributed by atoms with Crippen LogP contribution in [0.1, 0.15) is 41.0 Å². The van der Waals surface area contributed by atoms with Gasteiger partial charge in [0.1, 0.15) is 11.6 Å². The first-order valence-electron chi connectivity index (χ1n) is 14.3. The van der Waals surface area contributed by atoms with Crippen molar-refractivity contribution in [2.75, 3.05) is 42.6 Å². The van der Waals surface area contributed by atoms with E-state index in [-0.39, 0.29) is 42.3 Å². The van der Waals surface area contributed by atoms with E-state index in [1.165, 1.54) is 4.90 Å². The Bertz CT molecular complexity index is 1110. The second-order valence-electron chi connectivity index (χ2n) is 11.1. The van der Waals surface area contributed by atoms with Crippen molar-refractivity contribution in [3.63, 3.8) is 0 Å². The monoisotopic (exact) mass is 619 g/mol. The first-order valence-corrected chi connectivity index (χ1v) is 15.2. The first kappa shape index (κ1) is 30.5. The summed E-state index contributed by atoms with van der Waals surface area (Å²) in [5.41, 5.74) is 0.490. The fraction of sp³-hybridized carbons (Fsp3) is 0.633. The number of carbonyl (C=O) groups excluding carboxylic acids is 3. The molecule has 220 valence electrons. The number of halogens is 1. The highest BCUT2D eigenvalue weighted by molar-refractivity contribution is 9.09. The van der Waals surface area contributed by atoms with Crippen LogP contribution in [0.25, 0.3) is 0 Å². The van der Waals surface area contributed by atoms with Crippen LogP contribution in [0.15, 0.2) is 36.9 Å². The second kappa shape index (κ2) is 12.2. The fourth-order valence-electron chi connectivity index (χ4n) is 6.86. The number of ether oxygens (including phenoxy) is 2. The summed E-state index contributed by atoms with van der Waals surface area (Å²) in [5.74, 6) is -3.01. The minimum Gasteiger partial charge on any atom is -0.466 e. The number of benzene rings is 1. The van der Waals surface area contributed by atoms with Gasteiger partial charge >= 0.3 is 5.97 Å². The topological polar surface area (TPSA) is 99.6 Å². The molecule has 40 heavy (non-hydrogen) atoms. The number of esters is 1. The van der Waals surface area contributed by atoms with E-state index in [1.807, 2.05) is 38.1 Å². The minimum absolute atomic E-state index is 0.140. The van der Waals surface area contributed by atoms with E-state index in [0.29, 0.717) is 12.1 Å². The van der Waals surface area contributed by atoms with Gasteiger partial charge in [0.2, 0.25) is 5.91 Å². The molecule has 3 heterocycles. The normalized spacial score (nSPS) is 29.4. The molecular formula is C30H42BrN3O6. The molecule has 3 aliphatic heterocycles. The van der Waals surface area contributed by atoms with Crippen LogP contribution in [-0.2, 0) is 23.9 Å². The highest BCUT2D eigenvalue weighted by Gasteiger charge is 2.77. The Morgan fingerprint density at radius 3 is 2.38 bits per heavy atom. The van der Waals surface area contributed by atoms with Gasteiger partial charge < -0.3 is 29.3 Å². The van der Waals surface area contributed by atoms with Gasteiger partial charge in [-0.3, -0.25) is 14.4 Å². The fourth-order valence-corrected chi connectivity index (χ4v) is 7.81. The van der Waals surface area contributed by atoms with Gasteiger partial charge in [-0.1, -0.05) is 35.9 Å². The number of aliphatic hydroxyl groups is 1. The summed E-state index contributed by atoms with van der Waals surface area (Å²) in [6, 6.07) is 6.11. The molecule has 4 rings (SSSR count). The highest BCUT2D eigenvalue weighted by atomic mass is 79.9. The molecule has 0 aliphatic carbocycles. The maximum atomic E-state index is 14.7. The Morgan fingerprint density at radius 1 is 1.23 bits per heavy atom. The summed E-state index contributed by atoms with van der Waals surface area (Å²) >= 11 is 3.68. The molecule has 2 bridgehead atoms. The third-order valence-electron chi connectivity index (χ3n) is 8.70. The van der Waals surface area contributed by atoms with Gasteiger partial charge in [0.05, 0.1) is 37.2 Å². The number of amides is 2. The van der Waals surface area contributed by atoms with Crippen LogP contribution in [0, 0.1) is 17.8 Å². The van der Waals surface area contributed by atoms with Crippen LogP contribution in [-0.4, -0.2) is 89.3 Å². The standard InChI is InChI=1S/C30H42BrN3O6/c1-7-15-33(20-13-11-19(12-14-20)32(8-2)9-3)28(37)26-30-16-21(31)25(40-30)23(29(38)39-10-4)24(30)27(36)34(26)22(17-35)18(5)6/h7,11-14,18,21-26,35H,1,8-10,15-17H2,2-6H3/t21?,22-,23-,24+,25-,26-,30+/m0/s1. The predicted octanol–water partition coefficient (Wildman–Crippen LogP) is 3.38. The molecule has 10 heteroatoms. The van der Waals surface area contributed by atoms with Crippen molar-refractivity contribution in [1.82, 2.24) is 4.90 Å². The van der Waals surface area contributed by atoms with Crippen LogP contribution in [0.4, 0.5) is 11.4 Å². The lowest BCUT2D eigenvalue weighted by atomic mass is 9.70. The van der Waals surface area contributed by atoms with E-state index in [0.717, 1.165) is 18.8 Å². The van der Waals surface area contributed by atoms with E-state index in [4.69, 9.17) is 9.47 Å². The SMILES string of the molecule is C=CCN(C(=O)[C@@H]1N([C@@H](CO)C(C)C)C(=O)[C@H]2[C@H](C(=O)OCC)[C@H]3O[C@@]12CC3Br)c1ccc(N(CC)CC)cc1. The quantitative estimate of drug-likeness (QED) is 0.217. The number of aliphatic hydroxyl groups excluding tert-OH is 1. The Labute approximate surface area is 245 Å². The third-order valence-corrected chi connectivity index (χ3v) is 9.55. The van der Waals surface area contributed by atoms with Crippen molar-refractivity contribution < 1.29 is 29.0 Å². The molecule has 1 aromatic carbocycles. The Morgan fingerprint density at radius 2 is 1.85 bits per heavy atom. The summed E-state index contributed by atoms with van der Waals surface area (Å²) < 4.78 is 11.9. The average Bonchev–Trinajstić information content (AvgIpc) is 3.52. The van der Waals surface area contributed by atoms with Crippen LogP contribution in [0.3, 0.4) is 0 Å². The number of anilines is 2. The molecule has 3 fully saturated rings. The van der Waals surface area contributed by atoms with Gasteiger partial charge in [0.25, 0.3) is 5.91 Å². The number of likely N-dealkylation sites (tertiary alicyclic amines) is 1. The van der Waals surface area contributed by atoms with Crippen molar-refractivity contribution in [3.8, 4) is 0 Å². The zero-order valence-corrected chi connectivity index (χ0v) is 25.7. The molecule has 9 nitrogen and oxygen atoms in total. The molecule has 2 amide bonds. The molecule has 1 N–H and O–H groups in total. The number of fused-ring (bicyclic) bond motifs is 1. The summed E-state index contributed by atoms with van der Waals surface area (Å²) in [4.78, 5) is 47.2. The maximum Gasteiger partial charge on any atom is 0.312 e. The van der Waals surface area contributed by atoms with Crippen LogP contribution in [0.5, 0.6) is 0 Å². The third kappa shape index (κ3) is 4.86. The van der Waals surface area contributed by atoms with Gasteiger partial charge in [-0.15, -0.1) is 6.58 Å². The number of alkyl halides is 1. The molecule has 0 radical (unpaired) electrons. The number of nitrogens with zero attached hydrogens (tertiary/aromatic N) is 3. The highest BCUT2D eigenvalue weighted by Crippen LogP contribution is 2.61. The van der Waals surface area contributed by atoms with E-state index >= 15 is 0 Å². The molecule has 3 aliphatic rings. The summed E-state index contributed by atoms with van der Waals surface area (Å²) in [6.07, 6.45) is 1.45. The molecule has 1 aromatic rings. The second-order valence-corrected chi connectivity index (χ2v) is 12.3. The number of hydrogen-bond donors (Lipinski definition) is 1. The van der Waals surface area contributed by atoms with E-state index < -0.39 is 41.6 Å². The van der Waals surface area contributed by atoms with Gasteiger partial charge in [-0.25, -0.2) is 0 Å². The largest absolute Gasteiger partial charge is 0.466 e. The van der Waals surface area contributed by atoms with Gasteiger partial charge in [-0.2, -0.15) is 0 Å². The molecule has 0 saturated carbocycles. The minimum atomic E-state index is -1.23. The van der Waals surface area contributed by atoms with Crippen molar-refractivity contribution in [2.24, 2.45) is 17.8 Å². The van der Waals surface area contributed by atoms with Crippen molar-refractivity contribution >= 4 is 45.1 Å². The zero-order chi connectivity index (χ0) is 29.4. The number of rotatable bonds is 12. The van der Waals surface area contributed by atoms with Gasteiger partial charge in [0.15, 0.2) is 0 Å². The molecule has 7 atom stereocenters. The van der Waals surface area contributed by atoms with E-state index in [9.17, 15) is 19.5 Å². The molecule has 1 spiro atoms. The van der Waals surface area contributed by atoms with Crippen molar-refractivity contribution in [1.29, 1.82) is 0 Å². The lowest BCUT2D eigenvalue weighted by Crippen LogP contribution is -2.60.